The van der Waals surface area contributed by atoms with Crippen LogP contribution >= 0.6 is 0 Å². The van der Waals surface area contributed by atoms with Crippen LogP contribution in [-0.4, -0.2) is 17.9 Å². The van der Waals surface area contributed by atoms with E-state index in [0.717, 1.165) is 18.4 Å². The number of esters is 1. The molecule has 0 aromatic heterocycles. The summed E-state index contributed by atoms with van der Waals surface area (Å²) in [6, 6.07) is 9.56. The Morgan fingerprint density at radius 1 is 1.28 bits per heavy atom. The second kappa shape index (κ2) is 6.15. The van der Waals surface area contributed by atoms with Crippen LogP contribution in [0, 0.1) is 0 Å². The number of benzene rings is 1. The van der Waals surface area contributed by atoms with Gasteiger partial charge in [0.05, 0.1) is 0 Å². The number of Topliss-reactive ketones (excluding diaryl/α,β-unsaturated/α-hetero) is 1. The van der Waals surface area contributed by atoms with Gasteiger partial charge < -0.3 is 4.74 Å². The fraction of sp³-hybridized carbons (Fsp3) is 0.333. The van der Waals surface area contributed by atoms with E-state index in [-0.39, 0.29) is 17.9 Å². The lowest BCUT2D eigenvalue weighted by Gasteiger charge is -2.20. The Kier molecular flexibility index (Phi) is 4.29. The quantitative estimate of drug-likeness (QED) is 0.606. The van der Waals surface area contributed by atoms with Gasteiger partial charge in [-0.2, -0.15) is 0 Å². The zero-order chi connectivity index (χ0) is 12.8. The van der Waals surface area contributed by atoms with E-state index in [2.05, 4.69) is 0 Å². The van der Waals surface area contributed by atoms with Crippen molar-refractivity contribution in [3.63, 3.8) is 0 Å². The molecule has 3 nitrogen and oxygen atoms in total. The monoisotopic (exact) mass is 244 g/mol. The van der Waals surface area contributed by atoms with E-state index in [1.807, 2.05) is 30.3 Å². The Labute approximate surface area is 106 Å². The number of ether oxygens (including phenoxy) is 1. The van der Waals surface area contributed by atoms with Crippen molar-refractivity contribution in [3.05, 3.63) is 42.0 Å². The van der Waals surface area contributed by atoms with Crippen LogP contribution in [0.2, 0.25) is 0 Å². The largest absolute Gasteiger partial charge is 0.459 e. The Bertz CT molecular complexity index is 448. The smallest absolute Gasteiger partial charge is 0.331 e. The van der Waals surface area contributed by atoms with Crippen LogP contribution in [0.4, 0.5) is 0 Å². The Morgan fingerprint density at radius 2 is 2.06 bits per heavy atom. The van der Waals surface area contributed by atoms with E-state index in [9.17, 15) is 9.59 Å². The lowest BCUT2D eigenvalue weighted by Crippen LogP contribution is -2.24. The van der Waals surface area contributed by atoms with Gasteiger partial charge in [-0.05, 0) is 24.5 Å². The molecule has 0 aliphatic heterocycles. The van der Waals surface area contributed by atoms with Gasteiger partial charge >= 0.3 is 5.97 Å². The fourth-order valence-electron chi connectivity index (χ4n) is 2.02. The molecule has 3 heteroatoms. The van der Waals surface area contributed by atoms with E-state index in [1.54, 1.807) is 6.08 Å². The lowest BCUT2D eigenvalue weighted by molar-refractivity contribution is -0.146. The minimum Gasteiger partial charge on any atom is -0.459 e. The van der Waals surface area contributed by atoms with E-state index in [1.165, 1.54) is 6.08 Å². The summed E-state index contributed by atoms with van der Waals surface area (Å²) in [5.74, 6) is -0.190. The normalized spacial score (nSPS) is 20.0. The summed E-state index contributed by atoms with van der Waals surface area (Å²) >= 11 is 0. The molecule has 1 atom stereocenters. The zero-order valence-corrected chi connectivity index (χ0v) is 10.2. The van der Waals surface area contributed by atoms with Crippen LogP contribution in [-0.2, 0) is 14.3 Å². The average molecular weight is 244 g/mol. The predicted molar refractivity (Wildman–Crippen MR) is 68.8 cm³/mol. The van der Waals surface area contributed by atoms with Crippen molar-refractivity contribution in [2.45, 2.75) is 31.8 Å². The van der Waals surface area contributed by atoms with Gasteiger partial charge in [0.1, 0.15) is 11.9 Å². The number of ketones is 1. The van der Waals surface area contributed by atoms with E-state index in [4.69, 9.17) is 4.74 Å². The summed E-state index contributed by atoms with van der Waals surface area (Å²) < 4.78 is 5.24. The molecule has 2 rings (SSSR count). The fourth-order valence-corrected chi connectivity index (χ4v) is 2.02. The van der Waals surface area contributed by atoms with E-state index >= 15 is 0 Å². The maximum Gasteiger partial charge on any atom is 0.331 e. The summed E-state index contributed by atoms with van der Waals surface area (Å²) in [5.41, 5.74) is 0.953. The Balaban J connectivity index is 1.85. The highest BCUT2D eigenvalue weighted by Crippen LogP contribution is 2.18. The number of carbonyl (C=O) groups is 2. The minimum absolute atomic E-state index is 0.186. The highest BCUT2D eigenvalue weighted by molar-refractivity contribution is 5.87. The molecule has 1 aliphatic carbocycles. The van der Waals surface area contributed by atoms with Crippen LogP contribution in [0.3, 0.4) is 0 Å². The van der Waals surface area contributed by atoms with Gasteiger partial charge in [0.2, 0.25) is 0 Å². The molecule has 0 N–H and O–H groups in total. The number of rotatable bonds is 3. The highest BCUT2D eigenvalue weighted by atomic mass is 16.5. The molecule has 0 amide bonds. The molecule has 18 heavy (non-hydrogen) atoms. The number of hydrogen-bond donors (Lipinski definition) is 0. The van der Waals surface area contributed by atoms with Crippen LogP contribution in [0.25, 0.3) is 6.08 Å². The predicted octanol–water partition coefficient (Wildman–Crippen LogP) is 2.75. The van der Waals surface area contributed by atoms with Gasteiger partial charge in [0, 0.05) is 18.9 Å². The summed E-state index contributed by atoms with van der Waals surface area (Å²) in [7, 11) is 0. The van der Waals surface area contributed by atoms with Crippen molar-refractivity contribution in [2.24, 2.45) is 0 Å². The SMILES string of the molecule is O=C1CCCC(OC(=O)C=Cc2ccccc2)C1. The zero-order valence-electron chi connectivity index (χ0n) is 10.2. The maximum atomic E-state index is 11.6. The molecule has 1 unspecified atom stereocenters. The standard InChI is InChI=1S/C15H16O3/c16-13-7-4-8-14(11-13)18-15(17)10-9-12-5-2-1-3-6-12/h1-3,5-6,9-10,14H,4,7-8,11H2. The first kappa shape index (κ1) is 12.6. The molecule has 1 aromatic rings. The van der Waals surface area contributed by atoms with Crippen molar-refractivity contribution >= 4 is 17.8 Å². The van der Waals surface area contributed by atoms with Gasteiger partial charge in [-0.1, -0.05) is 30.3 Å². The highest BCUT2D eigenvalue weighted by Gasteiger charge is 2.21. The second-order valence-electron chi connectivity index (χ2n) is 4.44. The Hall–Kier alpha value is -1.90. The summed E-state index contributed by atoms with van der Waals surface area (Å²) in [6.45, 7) is 0. The van der Waals surface area contributed by atoms with Gasteiger partial charge in [-0.15, -0.1) is 0 Å². The molecule has 1 saturated carbocycles. The van der Waals surface area contributed by atoms with E-state index < -0.39 is 0 Å². The minimum atomic E-state index is -0.376. The number of hydrogen-bond acceptors (Lipinski definition) is 3. The van der Waals surface area contributed by atoms with Crippen LogP contribution < -0.4 is 0 Å². The third-order valence-electron chi connectivity index (χ3n) is 2.93. The van der Waals surface area contributed by atoms with Crippen molar-refractivity contribution in [1.82, 2.24) is 0 Å². The molecule has 1 fully saturated rings. The summed E-state index contributed by atoms with van der Waals surface area (Å²) in [4.78, 5) is 22.8. The molecular formula is C15H16O3. The average Bonchev–Trinajstić information content (AvgIpc) is 2.38. The van der Waals surface area contributed by atoms with Crippen molar-refractivity contribution in [1.29, 1.82) is 0 Å². The molecule has 0 radical (unpaired) electrons. The van der Waals surface area contributed by atoms with Crippen molar-refractivity contribution in [3.8, 4) is 0 Å². The van der Waals surface area contributed by atoms with Crippen molar-refractivity contribution < 1.29 is 14.3 Å². The first-order chi connectivity index (χ1) is 8.74. The molecular weight excluding hydrogens is 228 g/mol. The maximum absolute atomic E-state index is 11.6. The molecule has 0 spiro atoms. The first-order valence-electron chi connectivity index (χ1n) is 6.19. The molecule has 94 valence electrons. The molecule has 0 heterocycles. The molecule has 0 saturated heterocycles. The molecule has 1 aromatic carbocycles. The Morgan fingerprint density at radius 3 is 2.78 bits per heavy atom. The van der Waals surface area contributed by atoms with Crippen LogP contribution in [0.1, 0.15) is 31.2 Å². The molecule has 1 aliphatic rings. The lowest BCUT2D eigenvalue weighted by atomic mass is 9.96. The topological polar surface area (TPSA) is 43.4 Å². The second-order valence-corrected chi connectivity index (χ2v) is 4.44. The number of carbonyl (C=O) groups excluding carboxylic acids is 2. The van der Waals surface area contributed by atoms with Crippen LogP contribution in [0.5, 0.6) is 0 Å². The summed E-state index contributed by atoms with van der Waals surface area (Å²) in [5, 5.41) is 0. The van der Waals surface area contributed by atoms with Gasteiger partial charge in [-0.3, -0.25) is 4.79 Å². The van der Waals surface area contributed by atoms with Gasteiger partial charge in [0.25, 0.3) is 0 Å². The summed E-state index contributed by atoms with van der Waals surface area (Å²) in [6.07, 6.45) is 5.48. The van der Waals surface area contributed by atoms with E-state index in [0.29, 0.717) is 12.8 Å². The van der Waals surface area contributed by atoms with Crippen molar-refractivity contribution in [2.75, 3.05) is 0 Å². The third kappa shape index (κ3) is 3.84. The van der Waals surface area contributed by atoms with Gasteiger partial charge in [-0.25, -0.2) is 4.79 Å². The molecule has 0 bridgehead atoms. The van der Waals surface area contributed by atoms with Crippen LogP contribution in [0.15, 0.2) is 36.4 Å². The first-order valence-corrected chi connectivity index (χ1v) is 6.19. The third-order valence-corrected chi connectivity index (χ3v) is 2.93. The van der Waals surface area contributed by atoms with Gasteiger partial charge in [0.15, 0.2) is 0 Å².